The quantitative estimate of drug-likeness (QED) is 0.649. The number of thioether (sulfide) groups is 1. The number of aromatic nitrogens is 2. The van der Waals surface area contributed by atoms with E-state index in [0.717, 1.165) is 5.56 Å². The van der Waals surface area contributed by atoms with Gasteiger partial charge < -0.3 is 9.32 Å². The number of nitrogens with zero attached hydrogens (tertiary/aromatic N) is 3. The second kappa shape index (κ2) is 8.43. The van der Waals surface area contributed by atoms with Gasteiger partial charge in [0.2, 0.25) is 11.8 Å². The highest BCUT2D eigenvalue weighted by molar-refractivity contribution is 7.99. The maximum Gasteiger partial charge on any atom is 0.277 e. The van der Waals surface area contributed by atoms with Gasteiger partial charge in [-0.25, -0.2) is 8.42 Å². The van der Waals surface area contributed by atoms with Gasteiger partial charge in [-0.15, -0.1) is 10.2 Å². The van der Waals surface area contributed by atoms with Crippen LogP contribution in [0.15, 0.2) is 40.0 Å². The average Bonchev–Trinajstić information content (AvgIpc) is 3.24. The summed E-state index contributed by atoms with van der Waals surface area (Å²) in [5, 5.41) is 8.32. The number of sulfone groups is 1. The molecule has 1 atom stereocenters. The average molecular weight is 410 g/mol. The molecule has 9 heteroatoms. The Morgan fingerprint density at radius 2 is 2.04 bits per heavy atom. The van der Waals surface area contributed by atoms with Gasteiger partial charge in [-0.2, -0.15) is 0 Å². The fraction of sp³-hybridized carbons (Fsp3) is 0.500. The Balaban J connectivity index is 1.63. The van der Waals surface area contributed by atoms with Crippen molar-refractivity contribution in [1.29, 1.82) is 0 Å². The Hall–Kier alpha value is -1.87. The highest BCUT2D eigenvalue weighted by Crippen LogP contribution is 2.25. The first-order valence-electron chi connectivity index (χ1n) is 8.85. The first-order valence-corrected chi connectivity index (χ1v) is 11.7. The van der Waals surface area contributed by atoms with Gasteiger partial charge >= 0.3 is 0 Å². The number of carbonyl (C=O) groups is 1. The molecule has 0 spiro atoms. The monoisotopic (exact) mass is 409 g/mol. The fourth-order valence-corrected chi connectivity index (χ4v) is 5.42. The van der Waals surface area contributed by atoms with Crippen LogP contribution in [0.25, 0.3) is 11.5 Å². The Morgan fingerprint density at radius 3 is 2.67 bits per heavy atom. The standard InChI is InChI=1S/C18H23N3O4S2/c1-13(2)10-21(15-8-9-27(23,24)12-15)16(22)11-26-18-20-19-17(25-18)14-6-4-3-5-7-14/h3-7,13,15H,8-12H2,1-2H3/t15-/m0/s1. The topological polar surface area (TPSA) is 93.4 Å². The van der Waals surface area contributed by atoms with E-state index in [1.54, 1.807) is 4.90 Å². The summed E-state index contributed by atoms with van der Waals surface area (Å²) in [5.74, 6) is 0.905. The predicted molar refractivity (Wildman–Crippen MR) is 104 cm³/mol. The van der Waals surface area contributed by atoms with Crippen molar-refractivity contribution >= 4 is 27.5 Å². The zero-order chi connectivity index (χ0) is 19.4. The molecule has 1 saturated heterocycles. The van der Waals surface area contributed by atoms with E-state index < -0.39 is 9.84 Å². The molecule has 1 aliphatic heterocycles. The molecular weight excluding hydrogens is 386 g/mol. The minimum absolute atomic E-state index is 0.0504. The van der Waals surface area contributed by atoms with Gasteiger partial charge in [-0.1, -0.05) is 43.8 Å². The third-order valence-corrected chi connectivity index (χ3v) is 6.83. The normalized spacial score (nSPS) is 18.7. The maximum atomic E-state index is 12.7. The van der Waals surface area contributed by atoms with Gasteiger partial charge in [0, 0.05) is 18.2 Å². The third-order valence-electron chi connectivity index (χ3n) is 4.28. The second-order valence-electron chi connectivity index (χ2n) is 7.02. The van der Waals surface area contributed by atoms with Crippen LogP contribution in [0.5, 0.6) is 0 Å². The lowest BCUT2D eigenvalue weighted by Crippen LogP contribution is -2.44. The predicted octanol–water partition coefficient (Wildman–Crippen LogP) is 2.50. The van der Waals surface area contributed by atoms with Crippen LogP contribution in [0.3, 0.4) is 0 Å². The number of carbonyl (C=O) groups excluding carboxylic acids is 1. The van der Waals surface area contributed by atoms with E-state index in [1.165, 1.54) is 11.8 Å². The Labute approximate surface area is 163 Å². The summed E-state index contributed by atoms with van der Waals surface area (Å²) in [6, 6.07) is 9.18. The largest absolute Gasteiger partial charge is 0.411 e. The van der Waals surface area contributed by atoms with Crippen LogP contribution in [0.1, 0.15) is 20.3 Å². The molecule has 0 N–H and O–H groups in total. The van der Waals surface area contributed by atoms with Crippen molar-refractivity contribution in [3.8, 4) is 11.5 Å². The summed E-state index contributed by atoms with van der Waals surface area (Å²) in [6.45, 7) is 4.57. The molecule has 2 heterocycles. The lowest BCUT2D eigenvalue weighted by molar-refractivity contribution is -0.130. The van der Waals surface area contributed by atoms with Crippen molar-refractivity contribution in [2.45, 2.75) is 31.5 Å². The Kier molecular flexibility index (Phi) is 6.21. The summed E-state index contributed by atoms with van der Waals surface area (Å²) in [7, 11) is -3.05. The van der Waals surface area contributed by atoms with E-state index in [9.17, 15) is 13.2 Å². The van der Waals surface area contributed by atoms with E-state index in [4.69, 9.17) is 4.42 Å². The SMILES string of the molecule is CC(C)CN(C(=O)CSc1nnc(-c2ccccc2)o1)[C@H]1CCS(=O)(=O)C1. The number of rotatable bonds is 7. The van der Waals surface area contributed by atoms with Crippen molar-refractivity contribution in [2.75, 3.05) is 23.8 Å². The van der Waals surface area contributed by atoms with Crippen LogP contribution in [0, 0.1) is 5.92 Å². The summed E-state index contributed by atoms with van der Waals surface area (Å²) in [4.78, 5) is 14.5. The van der Waals surface area contributed by atoms with Crippen molar-refractivity contribution in [2.24, 2.45) is 5.92 Å². The molecule has 7 nitrogen and oxygen atoms in total. The Morgan fingerprint density at radius 1 is 1.30 bits per heavy atom. The van der Waals surface area contributed by atoms with E-state index in [2.05, 4.69) is 10.2 Å². The number of amides is 1. The summed E-state index contributed by atoms with van der Waals surface area (Å²) in [6.07, 6.45) is 0.504. The fourth-order valence-electron chi connectivity index (χ4n) is 3.04. The first-order chi connectivity index (χ1) is 12.8. The van der Waals surface area contributed by atoms with Gasteiger partial charge in [0.25, 0.3) is 5.22 Å². The molecule has 0 saturated carbocycles. The summed E-state index contributed by atoms with van der Waals surface area (Å²) < 4.78 is 29.2. The molecule has 0 radical (unpaired) electrons. The second-order valence-corrected chi connectivity index (χ2v) is 10.2. The van der Waals surface area contributed by atoms with Crippen molar-refractivity contribution < 1.29 is 17.6 Å². The maximum absolute atomic E-state index is 12.7. The smallest absolute Gasteiger partial charge is 0.277 e. The molecule has 0 aliphatic carbocycles. The summed E-state index contributed by atoms with van der Waals surface area (Å²) >= 11 is 1.18. The minimum Gasteiger partial charge on any atom is -0.411 e. The van der Waals surface area contributed by atoms with Crippen molar-refractivity contribution in [3.05, 3.63) is 30.3 Å². The highest BCUT2D eigenvalue weighted by Gasteiger charge is 2.34. The molecule has 3 rings (SSSR count). The minimum atomic E-state index is -3.05. The molecule has 1 fully saturated rings. The number of benzene rings is 1. The van der Waals surface area contributed by atoms with Crippen LogP contribution >= 0.6 is 11.8 Å². The molecular formula is C18H23N3O4S2. The molecule has 27 heavy (non-hydrogen) atoms. The molecule has 1 aromatic heterocycles. The lowest BCUT2D eigenvalue weighted by atomic mass is 10.1. The van der Waals surface area contributed by atoms with Crippen LogP contribution in [-0.2, 0) is 14.6 Å². The van der Waals surface area contributed by atoms with E-state index in [-0.39, 0.29) is 35.1 Å². The van der Waals surface area contributed by atoms with Gasteiger partial charge in [0.1, 0.15) is 0 Å². The number of hydrogen-bond acceptors (Lipinski definition) is 7. The lowest BCUT2D eigenvalue weighted by Gasteiger charge is -2.29. The molecule has 1 aliphatic rings. The van der Waals surface area contributed by atoms with Gasteiger partial charge in [-0.05, 0) is 24.5 Å². The Bertz CT molecular complexity index is 881. The van der Waals surface area contributed by atoms with Crippen LogP contribution in [0.2, 0.25) is 0 Å². The van der Waals surface area contributed by atoms with Gasteiger partial charge in [-0.3, -0.25) is 4.79 Å². The molecule has 2 aromatic rings. The zero-order valence-electron chi connectivity index (χ0n) is 15.4. The van der Waals surface area contributed by atoms with Crippen LogP contribution in [-0.4, -0.2) is 59.3 Å². The highest BCUT2D eigenvalue weighted by atomic mass is 32.2. The first kappa shape index (κ1) is 19.9. The number of hydrogen-bond donors (Lipinski definition) is 0. The van der Waals surface area contributed by atoms with E-state index >= 15 is 0 Å². The molecule has 1 amide bonds. The van der Waals surface area contributed by atoms with Gasteiger partial charge in [0.15, 0.2) is 9.84 Å². The van der Waals surface area contributed by atoms with E-state index in [0.29, 0.717) is 24.1 Å². The molecule has 1 aromatic carbocycles. The summed E-state index contributed by atoms with van der Waals surface area (Å²) in [5.41, 5.74) is 0.820. The van der Waals surface area contributed by atoms with Crippen LogP contribution in [0.4, 0.5) is 0 Å². The zero-order valence-corrected chi connectivity index (χ0v) is 17.0. The molecule has 0 bridgehead atoms. The third kappa shape index (κ3) is 5.32. The van der Waals surface area contributed by atoms with Crippen molar-refractivity contribution in [3.63, 3.8) is 0 Å². The van der Waals surface area contributed by atoms with Crippen molar-refractivity contribution in [1.82, 2.24) is 15.1 Å². The molecule has 0 unspecified atom stereocenters. The van der Waals surface area contributed by atoms with Gasteiger partial charge in [0.05, 0.1) is 17.3 Å². The molecule has 146 valence electrons. The van der Waals surface area contributed by atoms with E-state index in [1.807, 2.05) is 44.2 Å². The van der Waals surface area contributed by atoms with Crippen LogP contribution < -0.4 is 0 Å².